The number of nitrogens with zero attached hydrogens (tertiary/aromatic N) is 1. The van der Waals surface area contributed by atoms with E-state index in [0.29, 0.717) is 6.04 Å². The highest BCUT2D eigenvalue weighted by atomic mass is 15.1. The van der Waals surface area contributed by atoms with E-state index in [4.69, 9.17) is 0 Å². The Bertz CT molecular complexity index is 406. The van der Waals surface area contributed by atoms with Crippen LogP contribution in [0.5, 0.6) is 0 Å². The molecule has 0 aromatic heterocycles. The number of anilines is 1. The topological polar surface area (TPSA) is 15.3 Å². The summed E-state index contributed by atoms with van der Waals surface area (Å²) in [6.07, 6.45) is 7.83. The molecular formula is C16H24N2. The monoisotopic (exact) mass is 244 g/mol. The summed E-state index contributed by atoms with van der Waals surface area (Å²) in [5.74, 6) is 0. The van der Waals surface area contributed by atoms with Gasteiger partial charge in [-0.1, -0.05) is 12.1 Å². The molecule has 1 aliphatic heterocycles. The van der Waals surface area contributed by atoms with Crippen molar-refractivity contribution in [2.75, 3.05) is 25.5 Å². The first-order valence-electron chi connectivity index (χ1n) is 7.39. The highest BCUT2D eigenvalue weighted by molar-refractivity contribution is 5.56. The molecule has 1 aromatic carbocycles. The first kappa shape index (κ1) is 12.0. The van der Waals surface area contributed by atoms with Crippen molar-refractivity contribution in [3.63, 3.8) is 0 Å². The number of nitrogens with one attached hydrogen (secondary N) is 1. The van der Waals surface area contributed by atoms with E-state index < -0.39 is 0 Å². The maximum absolute atomic E-state index is 3.80. The average Bonchev–Trinajstić information content (AvgIpc) is 2.42. The molecule has 1 saturated heterocycles. The second-order valence-electron chi connectivity index (χ2n) is 5.87. The van der Waals surface area contributed by atoms with Crippen LogP contribution in [0.2, 0.25) is 0 Å². The second-order valence-corrected chi connectivity index (χ2v) is 5.87. The summed E-state index contributed by atoms with van der Waals surface area (Å²) in [5, 5.41) is 3.80. The van der Waals surface area contributed by atoms with Crippen molar-refractivity contribution >= 4 is 5.69 Å². The van der Waals surface area contributed by atoms with Gasteiger partial charge in [0.05, 0.1) is 0 Å². The zero-order valence-corrected chi connectivity index (χ0v) is 11.4. The van der Waals surface area contributed by atoms with Gasteiger partial charge in [0.15, 0.2) is 0 Å². The zero-order valence-electron chi connectivity index (χ0n) is 11.4. The van der Waals surface area contributed by atoms with Crippen LogP contribution >= 0.6 is 0 Å². The summed E-state index contributed by atoms with van der Waals surface area (Å²) in [4.78, 5) is 2.43. The average molecular weight is 244 g/mol. The van der Waals surface area contributed by atoms with Crippen LogP contribution in [0, 0.1) is 0 Å². The molecule has 2 aliphatic rings. The third-order valence-corrected chi connectivity index (χ3v) is 4.47. The molecule has 2 nitrogen and oxygen atoms in total. The Balaban J connectivity index is 1.72. The van der Waals surface area contributed by atoms with E-state index in [1.165, 1.54) is 57.3 Å². The smallest absolute Gasteiger partial charge is 0.0377 e. The van der Waals surface area contributed by atoms with Gasteiger partial charge in [-0.15, -0.1) is 0 Å². The third-order valence-electron chi connectivity index (χ3n) is 4.47. The predicted octanol–water partition coefficient (Wildman–Crippen LogP) is 3.07. The van der Waals surface area contributed by atoms with Crippen LogP contribution in [0.1, 0.15) is 36.8 Å². The molecule has 1 aromatic rings. The number of hydrogen-bond donors (Lipinski definition) is 1. The van der Waals surface area contributed by atoms with E-state index in [0.717, 1.165) is 0 Å². The molecule has 0 bridgehead atoms. The van der Waals surface area contributed by atoms with Crippen molar-refractivity contribution in [3.8, 4) is 0 Å². The number of piperidine rings is 1. The minimum absolute atomic E-state index is 0.676. The Hall–Kier alpha value is -1.02. The molecule has 98 valence electrons. The fourth-order valence-corrected chi connectivity index (χ4v) is 3.29. The van der Waals surface area contributed by atoms with E-state index in [1.54, 1.807) is 11.1 Å². The Labute approximate surface area is 110 Å². The van der Waals surface area contributed by atoms with Gasteiger partial charge in [-0.25, -0.2) is 0 Å². The molecule has 0 radical (unpaired) electrons. The van der Waals surface area contributed by atoms with Gasteiger partial charge in [-0.2, -0.15) is 0 Å². The van der Waals surface area contributed by atoms with Crippen molar-refractivity contribution in [1.82, 2.24) is 4.90 Å². The minimum atomic E-state index is 0.676. The maximum atomic E-state index is 3.80. The Morgan fingerprint density at radius 3 is 2.72 bits per heavy atom. The summed E-state index contributed by atoms with van der Waals surface area (Å²) >= 11 is 0. The van der Waals surface area contributed by atoms with Gasteiger partial charge in [-0.3, -0.25) is 0 Å². The first-order chi connectivity index (χ1) is 8.83. The fraction of sp³-hybridized carbons (Fsp3) is 0.625. The summed E-state index contributed by atoms with van der Waals surface area (Å²) in [7, 11) is 2.22. The van der Waals surface area contributed by atoms with Crippen LogP contribution in [0.15, 0.2) is 18.2 Å². The molecule has 1 heterocycles. The van der Waals surface area contributed by atoms with Gasteiger partial charge in [0, 0.05) is 11.7 Å². The van der Waals surface area contributed by atoms with Crippen LogP contribution in [0.4, 0.5) is 5.69 Å². The summed E-state index contributed by atoms with van der Waals surface area (Å²) < 4.78 is 0. The van der Waals surface area contributed by atoms with Crippen LogP contribution in [-0.4, -0.2) is 31.1 Å². The van der Waals surface area contributed by atoms with Gasteiger partial charge in [-0.05, 0) is 75.9 Å². The lowest BCUT2D eigenvalue weighted by atomic mass is 9.90. The number of aryl methyl sites for hydroxylation is 1. The summed E-state index contributed by atoms with van der Waals surface area (Å²) in [6.45, 7) is 2.46. The molecule has 18 heavy (non-hydrogen) atoms. The number of fused-ring (bicyclic) bond motifs is 1. The van der Waals surface area contributed by atoms with E-state index in [1.807, 2.05) is 0 Å². The molecule has 1 N–H and O–H groups in total. The van der Waals surface area contributed by atoms with Crippen molar-refractivity contribution in [3.05, 3.63) is 29.3 Å². The predicted molar refractivity (Wildman–Crippen MR) is 77.2 cm³/mol. The van der Waals surface area contributed by atoms with E-state index in [9.17, 15) is 0 Å². The van der Waals surface area contributed by atoms with Gasteiger partial charge in [0.1, 0.15) is 0 Å². The SMILES string of the molecule is CN1CCC(Nc2cccc3c2CCCC3)CC1. The zero-order chi connectivity index (χ0) is 12.4. The lowest BCUT2D eigenvalue weighted by molar-refractivity contribution is 0.264. The minimum Gasteiger partial charge on any atom is -0.382 e. The van der Waals surface area contributed by atoms with Crippen LogP contribution < -0.4 is 5.32 Å². The third kappa shape index (κ3) is 2.54. The van der Waals surface area contributed by atoms with Crippen molar-refractivity contribution in [1.29, 1.82) is 0 Å². The summed E-state index contributed by atoms with van der Waals surface area (Å²) in [6, 6.07) is 7.49. The van der Waals surface area contributed by atoms with Crippen molar-refractivity contribution < 1.29 is 0 Å². The van der Waals surface area contributed by atoms with E-state index in [2.05, 4.69) is 35.5 Å². The first-order valence-corrected chi connectivity index (χ1v) is 7.39. The van der Waals surface area contributed by atoms with Gasteiger partial charge < -0.3 is 10.2 Å². The van der Waals surface area contributed by atoms with Gasteiger partial charge in [0.25, 0.3) is 0 Å². The lowest BCUT2D eigenvalue weighted by Crippen LogP contribution is -2.37. The molecule has 0 saturated carbocycles. The van der Waals surface area contributed by atoms with Gasteiger partial charge >= 0.3 is 0 Å². The van der Waals surface area contributed by atoms with Crippen molar-refractivity contribution in [2.45, 2.75) is 44.6 Å². The second kappa shape index (κ2) is 5.31. The Morgan fingerprint density at radius 2 is 1.89 bits per heavy atom. The van der Waals surface area contributed by atoms with Crippen LogP contribution in [-0.2, 0) is 12.8 Å². The molecule has 1 fully saturated rings. The fourth-order valence-electron chi connectivity index (χ4n) is 3.29. The number of rotatable bonds is 2. The molecule has 0 unspecified atom stereocenters. The normalized spacial score (nSPS) is 21.6. The molecule has 0 spiro atoms. The lowest BCUT2D eigenvalue weighted by Gasteiger charge is -2.31. The largest absolute Gasteiger partial charge is 0.382 e. The van der Waals surface area contributed by atoms with Crippen molar-refractivity contribution in [2.24, 2.45) is 0 Å². The summed E-state index contributed by atoms with van der Waals surface area (Å²) in [5.41, 5.74) is 4.60. The van der Waals surface area contributed by atoms with E-state index in [-0.39, 0.29) is 0 Å². The molecular weight excluding hydrogens is 220 g/mol. The van der Waals surface area contributed by atoms with Crippen LogP contribution in [0.3, 0.4) is 0 Å². The molecule has 3 rings (SSSR count). The number of likely N-dealkylation sites (tertiary alicyclic amines) is 1. The highest BCUT2D eigenvalue weighted by Gasteiger charge is 2.19. The number of hydrogen-bond acceptors (Lipinski definition) is 2. The molecule has 1 aliphatic carbocycles. The molecule has 2 heteroatoms. The number of benzene rings is 1. The quantitative estimate of drug-likeness (QED) is 0.860. The van der Waals surface area contributed by atoms with Gasteiger partial charge in [0.2, 0.25) is 0 Å². The standard InChI is InChI=1S/C16H24N2/c1-18-11-9-14(10-12-18)17-16-8-4-6-13-5-2-3-7-15(13)16/h4,6,8,14,17H,2-3,5,7,9-12H2,1H3. The maximum Gasteiger partial charge on any atom is 0.0377 e. The molecule has 0 atom stereocenters. The van der Waals surface area contributed by atoms with Crippen LogP contribution in [0.25, 0.3) is 0 Å². The van der Waals surface area contributed by atoms with E-state index >= 15 is 0 Å². The molecule has 0 amide bonds. The Morgan fingerprint density at radius 1 is 1.11 bits per heavy atom. The Kier molecular flexibility index (Phi) is 3.55. The highest BCUT2D eigenvalue weighted by Crippen LogP contribution is 2.29.